The molecule has 1 aliphatic heterocycles. The lowest BCUT2D eigenvalue weighted by Crippen LogP contribution is -2.54. The first kappa shape index (κ1) is 18.5. The van der Waals surface area contributed by atoms with Crippen molar-refractivity contribution in [3.63, 3.8) is 0 Å². The zero-order chi connectivity index (χ0) is 17.1. The van der Waals surface area contributed by atoms with Gasteiger partial charge in [-0.1, -0.05) is 20.8 Å². The first-order valence-corrected chi connectivity index (χ1v) is 7.84. The van der Waals surface area contributed by atoms with E-state index in [-0.39, 0.29) is 29.8 Å². The Morgan fingerprint density at radius 3 is 2.36 bits per heavy atom. The van der Waals surface area contributed by atoms with Gasteiger partial charge in [0.25, 0.3) is 0 Å². The highest BCUT2D eigenvalue weighted by Crippen LogP contribution is 2.23. The Bertz CT molecular complexity index is 442. The molecule has 0 aromatic heterocycles. The Morgan fingerprint density at radius 2 is 1.86 bits per heavy atom. The van der Waals surface area contributed by atoms with Gasteiger partial charge in [0.05, 0.1) is 5.92 Å². The molecule has 126 valence electrons. The maximum atomic E-state index is 12.5. The number of hydrogen-bond acceptors (Lipinski definition) is 3. The number of piperidine rings is 1. The van der Waals surface area contributed by atoms with Gasteiger partial charge >= 0.3 is 5.97 Å². The van der Waals surface area contributed by atoms with E-state index in [0.717, 1.165) is 0 Å². The minimum Gasteiger partial charge on any atom is -0.481 e. The number of hydrogen-bond donors (Lipinski definition) is 2. The summed E-state index contributed by atoms with van der Waals surface area (Å²) in [6.45, 7) is 9.67. The van der Waals surface area contributed by atoms with Crippen molar-refractivity contribution < 1.29 is 19.5 Å². The Morgan fingerprint density at radius 1 is 1.27 bits per heavy atom. The summed E-state index contributed by atoms with van der Waals surface area (Å²) in [5.41, 5.74) is -0.139. The van der Waals surface area contributed by atoms with Crippen LogP contribution in [0.25, 0.3) is 0 Å². The lowest BCUT2D eigenvalue weighted by Gasteiger charge is -2.38. The lowest BCUT2D eigenvalue weighted by atomic mass is 9.91. The van der Waals surface area contributed by atoms with Crippen LogP contribution in [-0.4, -0.2) is 46.4 Å². The fourth-order valence-corrected chi connectivity index (χ4v) is 2.70. The van der Waals surface area contributed by atoms with Crippen LogP contribution in [0.1, 0.15) is 53.9 Å². The number of rotatable bonds is 4. The van der Waals surface area contributed by atoms with E-state index in [1.54, 1.807) is 11.8 Å². The molecule has 1 fully saturated rings. The van der Waals surface area contributed by atoms with Gasteiger partial charge in [0, 0.05) is 19.0 Å². The maximum absolute atomic E-state index is 12.5. The highest BCUT2D eigenvalue weighted by atomic mass is 16.4. The molecule has 0 saturated carbocycles. The van der Waals surface area contributed by atoms with E-state index in [1.165, 1.54) is 0 Å². The highest BCUT2D eigenvalue weighted by molar-refractivity contribution is 5.88. The zero-order valence-corrected chi connectivity index (χ0v) is 14.2. The second-order valence-corrected chi connectivity index (χ2v) is 7.48. The van der Waals surface area contributed by atoms with Crippen molar-refractivity contribution in [2.75, 3.05) is 6.54 Å². The third kappa shape index (κ3) is 5.31. The summed E-state index contributed by atoms with van der Waals surface area (Å²) >= 11 is 0. The Hall–Kier alpha value is -1.59. The minimum absolute atomic E-state index is 0.00469. The van der Waals surface area contributed by atoms with Crippen molar-refractivity contribution in [3.05, 3.63) is 0 Å². The summed E-state index contributed by atoms with van der Waals surface area (Å²) in [6.07, 6.45) is 1.61. The molecule has 1 aliphatic rings. The molecular weight excluding hydrogens is 284 g/mol. The number of nitrogens with zero attached hydrogens (tertiary/aromatic N) is 1. The summed E-state index contributed by atoms with van der Waals surface area (Å²) in [5.74, 6) is -1.75. The molecule has 0 aliphatic carbocycles. The smallest absolute Gasteiger partial charge is 0.308 e. The van der Waals surface area contributed by atoms with Crippen LogP contribution >= 0.6 is 0 Å². The molecule has 1 heterocycles. The first-order chi connectivity index (χ1) is 10.0. The van der Waals surface area contributed by atoms with Crippen LogP contribution in [0.4, 0.5) is 0 Å². The average molecular weight is 312 g/mol. The number of amides is 2. The molecule has 3 unspecified atom stereocenters. The van der Waals surface area contributed by atoms with Crippen molar-refractivity contribution in [1.29, 1.82) is 0 Å². The molecule has 0 aromatic rings. The fourth-order valence-electron chi connectivity index (χ4n) is 2.70. The second-order valence-electron chi connectivity index (χ2n) is 7.48. The largest absolute Gasteiger partial charge is 0.481 e. The molecule has 1 rings (SSSR count). The SMILES string of the molecule is CC(NC(=O)CC(C)(C)C)C(=O)N1CC(C(=O)O)CCC1C. The third-order valence-corrected chi connectivity index (χ3v) is 3.95. The summed E-state index contributed by atoms with van der Waals surface area (Å²) in [7, 11) is 0. The average Bonchev–Trinajstić information content (AvgIpc) is 2.35. The van der Waals surface area contributed by atoms with Crippen LogP contribution in [0.2, 0.25) is 0 Å². The zero-order valence-electron chi connectivity index (χ0n) is 14.2. The van der Waals surface area contributed by atoms with Crippen LogP contribution < -0.4 is 5.32 Å². The molecule has 6 heteroatoms. The van der Waals surface area contributed by atoms with E-state index in [0.29, 0.717) is 19.3 Å². The first-order valence-electron chi connectivity index (χ1n) is 7.84. The van der Waals surface area contributed by atoms with Gasteiger partial charge in [-0.25, -0.2) is 0 Å². The number of aliphatic carboxylic acids is 1. The van der Waals surface area contributed by atoms with E-state index >= 15 is 0 Å². The van der Waals surface area contributed by atoms with Crippen LogP contribution in [0.3, 0.4) is 0 Å². The Balaban J connectivity index is 2.64. The fraction of sp³-hybridized carbons (Fsp3) is 0.812. The lowest BCUT2D eigenvalue weighted by molar-refractivity contribution is -0.148. The highest BCUT2D eigenvalue weighted by Gasteiger charge is 2.34. The van der Waals surface area contributed by atoms with Crippen LogP contribution in [0.5, 0.6) is 0 Å². The molecule has 22 heavy (non-hydrogen) atoms. The number of carboxylic acid groups (broad SMARTS) is 1. The van der Waals surface area contributed by atoms with Crippen LogP contribution in [0, 0.1) is 11.3 Å². The van der Waals surface area contributed by atoms with Crippen molar-refractivity contribution >= 4 is 17.8 Å². The molecule has 2 N–H and O–H groups in total. The van der Waals surface area contributed by atoms with E-state index in [9.17, 15) is 14.4 Å². The molecule has 0 bridgehead atoms. The molecule has 0 aromatic carbocycles. The monoisotopic (exact) mass is 312 g/mol. The Kier molecular flexibility index (Phi) is 5.97. The van der Waals surface area contributed by atoms with Crippen molar-refractivity contribution in [3.8, 4) is 0 Å². The summed E-state index contributed by atoms with van der Waals surface area (Å²) < 4.78 is 0. The Labute approximate surface area is 132 Å². The van der Waals surface area contributed by atoms with Gasteiger partial charge in [-0.3, -0.25) is 14.4 Å². The maximum Gasteiger partial charge on any atom is 0.308 e. The van der Waals surface area contributed by atoms with Gasteiger partial charge in [-0.15, -0.1) is 0 Å². The number of likely N-dealkylation sites (tertiary alicyclic amines) is 1. The summed E-state index contributed by atoms with van der Waals surface area (Å²) in [5, 5.41) is 11.8. The van der Waals surface area contributed by atoms with Gasteiger partial charge in [-0.2, -0.15) is 0 Å². The van der Waals surface area contributed by atoms with E-state index in [1.807, 2.05) is 27.7 Å². The molecular formula is C16H28N2O4. The van der Waals surface area contributed by atoms with Crippen molar-refractivity contribution in [2.45, 2.75) is 66.0 Å². The molecule has 1 saturated heterocycles. The summed E-state index contributed by atoms with van der Waals surface area (Å²) in [4.78, 5) is 37.1. The van der Waals surface area contributed by atoms with Gasteiger partial charge in [-0.05, 0) is 32.1 Å². The topological polar surface area (TPSA) is 86.7 Å². The number of nitrogens with one attached hydrogen (secondary N) is 1. The minimum atomic E-state index is -0.867. The van der Waals surface area contributed by atoms with Crippen molar-refractivity contribution in [2.24, 2.45) is 11.3 Å². The van der Waals surface area contributed by atoms with E-state index < -0.39 is 17.9 Å². The van der Waals surface area contributed by atoms with Gasteiger partial charge in [0.1, 0.15) is 6.04 Å². The molecule has 2 amide bonds. The van der Waals surface area contributed by atoms with Crippen LogP contribution in [-0.2, 0) is 14.4 Å². The second kappa shape index (κ2) is 7.11. The quantitative estimate of drug-likeness (QED) is 0.826. The number of carbonyl (C=O) groups excluding carboxylic acids is 2. The third-order valence-electron chi connectivity index (χ3n) is 3.95. The van der Waals surface area contributed by atoms with Gasteiger partial charge < -0.3 is 15.3 Å². The summed E-state index contributed by atoms with van der Waals surface area (Å²) in [6, 6.07) is -0.630. The van der Waals surface area contributed by atoms with Gasteiger partial charge in [0.15, 0.2) is 0 Å². The van der Waals surface area contributed by atoms with Crippen LogP contribution in [0.15, 0.2) is 0 Å². The number of carboxylic acids is 1. The van der Waals surface area contributed by atoms with E-state index in [4.69, 9.17) is 5.11 Å². The molecule has 3 atom stereocenters. The molecule has 0 spiro atoms. The standard InChI is InChI=1S/C16H28N2O4/c1-10-6-7-12(15(21)22)9-18(10)14(20)11(2)17-13(19)8-16(3,4)5/h10-12H,6-9H2,1-5H3,(H,17,19)(H,21,22). The predicted molar refractivity (Wildman–Crippen MR) is 83.2 cm³/mol. The predicted octanol–water partition coefficient (Wildman–Crippen LogP) is 1.64. The molecule has 0 radical (unpaired) electrons. The van der Waals surface area contributed by atoms with E-state index in [2.05, 4.69) is 5.32 Å². The number of carbonyl (C=O) groups is 3. The normalized spacial score (nSPS) is 23.8. The van der Waals surface area contributed by atoms with Gasteiger partial charge in [0.2, 0.25) is 11.8 Å². The van der Waals surface area contributed by atoms with Crippen molar-refractivity contribution in [1.82, 2.24) is 10.2 Å². The molecule has 6 nitrogen and oxygen atoms in total.